The van der Waals surface area contributed by atoms with E-state index in [2.05, 4.69) is 5.32 Å². The molecule has 0 aliphatic heterocycles. The number of amides is 1. The van der Waals surface area contributed by atoms with Crippen molar-refractivity contribution in [3.8, 4) is 0 Å². The Kier molecular flexibility index (Phi) is 8.16. The van der Waals surface area contributed by atoms with Crippen LogP contribution in [0, 0.1) is 5.82 Å². The molecule has 0 radical (unpaired) electrons. The van der Waals surface area contributed by atoms with Crippen LogP contribution in [0.3, 0.4) is 0 Å². The lowest BCUT2D eigenvalue weighted by Gasteiger charge is -2.10. The molecule has 0 aromatic heterocycles. The van der Waals surface area contributed by atoms with Crippen LogP contribution < -0.4 is 5.32 Å². The number of hydrogen-bond donors (Lipinski definition) is 1. The van der Waals surface area contributed by atoms with Gasteiger partial charge in [-0.15, -0.1) is 11.8 Å². The summed E-state index contributed by atoms with van der Waals surface area (Å²) < 4.78 is 18.2. The first-order valence-corrected chi connectivity index (χ1v) is 11.0. The first kappa shape index (κ1) is 23.2. The number of ketones is 1. The van der Waals surface area contributed by atoms with Crippen molar-refractivity contribution >= 4 is 35.1 Å². The van der Waals surface area contributed by atoms with E-state index in [-0.39, 0.29) is 35.4 Å². The molecule has 164 valence electrons. The van der Waals surface area contributed by atoms with Gasteiger partial charge in [0.25, 0.3) is 0 Å². The highest BCUT2D eigenvalue weighted by Gasteiger charge is 2.16. The minimum Gasteiger partial charge on any atom is -0.454 e. The predicted molar refractivity (Wildman–Crippen MR) is 123 cm³/mol. The highest BCUT2D eigenvalue weighted by atomic mass is 32.2. The molecule has 1 N–H and O–H groups in total. The molecular weight excluding hydrogens is 429 g/mol. The Labute approximate surface area is 190 Å². The van der Waals surface area contributed by atoms with Gasteiger partial charge in [-0.25, -0.2) is 9.18 Å². The first-order valence-electron chi connectivity index (χ1n) is 10.0. The van der Waals surface area contributed by atoms with Crippen molar-refractivity contribution in [3.05, 3.63) is 95.3 Å². The molecule has 3 aromatic rings. The molecule has 0 aliphatic carbocycles. The van der Waals surface area contributed by atoms with Crippen LogP contribution in [0.15, 0.2) is 77.7 Å². The van der Waals surface area contributed by atoms with Crippen molar-refractivity contribution < 1.29 is 23.5 Å². The number of anilines is 1. The lowest BCUT2D eigenvalue weighted by molar-refractivity contribution is -0.113. The fourth-order valence-electron chi connectivity index (χ4n) is 2.85. The van der Waals surface area contributed by atoms with Gasteiger partial charge in [-0.1, -0.05) is 43.3 Å². The molecule has 7 heteroatoms. The van der Waals surface area contributed by atoms with Gasteiger partial charge in [0.05, 0.1) is 11.3 Å². The van der Waals surface area contributed by atoms with Gasteiger partial charge in [0.1, 0.15) is 5.82 Å². The number of Topliss-reactive ketones (excluding diaryl/α,β-unsaturated/α-hetero) is 1. The molecular formula is C25H22FNO4S. The number of rotatable bonds is 9. The van der Waals surface area contributed by atoms with Gasteiger partial charge in [0.2, 0.25) is 5.91 Å². The Morgan fingerprint density at radius 2 is 1.62 bits per heavy atom. The maximum Gasteiger partial charge on any atom is 0.339 e. The number of aryl methyl sites for hydroxylation is 1. The van der Waals surface area contributed by atoms with Crippen molar-refractivity contribution in [2.24, 2.45) is 0 Å². The Hall–Kier alpha value is -3.45. The van der Waals surface area contributed by atoms with Crippen molar-refractivity contribution in [1.29, 1.82) is 0 Å². The number of nitrogens with one attached hydrogen (secondary N) is 1. The van der Waals surface area contributed by atoms with Gasteiger partial charge >= 0.3 is 5.97 Å². The number of thioether (sulfide) groups is 1. The second-order valence-corrected chi connectivity index (χ2v) is 7.91. The topological polar surface area (TPSA) is 72.5 Å². The second-order valence-electron chi connectivity index (χ2n) is 6.89. The molecule has 1 amide bonds. The molecule has 32 heavy (non-hydrogen) atoms. The average Bonchev–Trinajstić information content (AvgIpc) is 2.82. The Bertz CT molecular complexity index is 1100. The van der Waals surface area contributed by atoms with Gasteiger partial charge in [-0.3, -0.25) is 9.59 Å². The third-order valence-corrected chi connectivity index (χ3v) is 5.69. The lowest BCUT2D eigenvalue weighted by atomic mass is 10.1. The van der Waals surface area contributed by atoms with Crippen molar-refractivity contribution in [2.45, 2.75) is 18.2 Å². The zero-order chi connectivity index (χ0) is 22.9. The van der Waals surface area contributed by atoms with Gasteiger partial charge in [-0.2, -0.15) is 0 Å². The third kappa shape index (κ3) is 6.52. The van der Waals surface area contributed by atoms with E-state index in [1.165, 1.54) is 36.0 Å². The molecule has 5 nitrogen and oxygen atoms in total. The van der Waals surface area contributed by atoms with Crippen molar-refractivity contribution in [1.82, 2.24) is 0 Å². The van der Waals surface area contributed by atoms with E-state index < -0.39 is 5.97 Å². The van der Waals surface area contributed by atoms with E-state index >= 15 is 0 Å². The number of esters is 1. The molecule has 0 fully saturated rings. The number of halogens is 1. The molecule has 0 unspecified atom stereocenters. The third-order valence-electron chi connectivity index (χ3n) is 4.61. The van der Waals surface area contributed by atoms with E-state index in [9.17, 15) is 18.8 Å². The predicted octanol–water partition coefficient (Wildman–Crippen LogP) is 5.16. The molecule has 0 saturated carbocycles. The maximum absolute atomic E-state index is 13.0. The molecule has 0 bridgehead atoms. The van der Waals surface area contributed by atoms with Crippen LogP contribution in [0.25, 0.3) is 0 Å². The number of carbonyl (C=O) groups is 3. The van der Waals surface area contributed by atoms with Crippen LogP contribution in [0.2, 0.25) is 0 Å². The molecule has 0 aliphatic rings. The van der Waals surface area contributed by atoms with E-state index in [0.29, 0.717) is 16.1 Å². The minimum absolute atomic E-state index is 0.0460. The summed E-state index contributed by atoms with van der Waals surface area (Å²) in [4.78, 5) is 37.6. The van der Waals surface area contributed by atoms with E-state index in [0.717, 1.165) is 12.0 Å². The van der Waals surface area contributed by atoms with Crippen LogP contribution >= 0.6 is 11.8 Å². The maximum atomic E-state index is 13.0. The smallest absolute Gasteiger partial charge is 0.339 e. The summed E-state index contributed by atoms with van der Waals surface area (Å²) in [5.41, 5.74) is 2.36. The molecule has 0 saturated heterocycles. The number of ether oxygens (including phenoxy) is 1. The first-order chi connectivity index (χ1) is 15.5. The summed E-state index contributed by atoms with van der Waals surface area (Å²) in [6, 6.07) is 19.4. The lowest BCUT2D eigenvalue weighted by Crippen LogP contribution is -2.16. The molecule has 0 heterocycles. The second kappa shape index (κ2) is 11.2. The zero-order valence-electron chi connectivity index (χ0n) is 17.5. The summed E-state index contributed by atoms with van der Waals surface area (Å²) in [6.07, 6.45) is 0.875. The quantitative estimate of drug-likeness (QED) is 0.276. The average molecular weight is 452 g/mol. The Morgan fingerprint density at radius 1 is 0.938 bits per heavy atom. The van der Waals surface area contributed by atoms with E-state index in [4.69, 9.17) is 4.74 Å². The van der Waals surface area contributed by atoms with E-state index in [1.54, 1.807) is 36.4 Å². The Morgan fingerprint density at radius 3 is 2.31 bits per heavy atom. The summed E-state index contributed by atoms with van der Waals surface area (Å²) in [7, 11) is 0. The molecule has 0 atom stereocenters. The van der Waals surface area contributed by atoms with Crippen LogP contribution in [-0.2, 0) is 16.0 Å². The van der Waals surface area contributed by atoms with Gasteiger partial charge < -0.3 is 10.1 Å². The molecule has 0 spiro atoms. The summed E-state index contributed by atoms with van der Waals surface area (Å²) >= 11 is 1.17. The number of carbonyl (C=O) groups excluding carboxylic acids is 3. The highest BCUT2D eigenvalue weighted by Crippen LogP contribution is 2.24. The number of hydrogen-bond acceptors (Lipinski definition) is 5. The fourth-order valence-corrected chi connectivity index (χ4v) is 3.69. The van der Waals surface area contributed by atoms with Crippen LogP contribution in [0.1, 0.15) is 33.2 Å². The summed E-state index contributed by atoms with van der Waals surface area (Å²) in [6.45, 7) is 1.66. The molecule has 3 aromatic carbocycles. The number of benzene rings is 3. The van der Waals surface area contributed by atoms with Gasteiger partial charge in [0.15, 0.2) is 12.4 Å². The van der Waals surface area contributed by atoms with Gasteiger partial charge in [-0.05, 0) is 48.4 Å². The minimum atomic E-state index is -0.634. The van der Waals surface area contributed by atoms with Crippen molar-refractivity contribution in [2.75, 3.05) is 17.7 Å². The van der Waals surface area contributed by atoms with Crippen LogP contribution in [-0.4, -0.2) is 30.0 Å². The monoisotopic (exact) mass is 451 g/mol. The molecule has 3 rings (SSSR count). The SMILES string of the molecule is CCc1ccc(C(=O)COC(=O)c2ccccc2SCC(=O)Nc2ccc(F)cc2)cc1. The highest BCUT2D eigenvalue weighted by molar-refractivity contribution is 8.00. The summed E-state index contributed by atoms with van der Waals surface area (Å²) in [5.74, 6) is -1.56. The standard InChI is InChI=1S/C25H22FNO4S/c1-2-17-7-9-18(10-8-17)22(28)15-31-25(30)21-5-3-4-6-23(21)32-16-24(29)27-20-13-11-19(26)12-14-20/h3-14H,2,15-16H2,1H3,(H,27,29). The zero-order valence-corrected chi connectivity index (χ0v) is 18.3. The van der Waals surface area contributed by atoms with Gasteiger partial charge in [0, 0.05) is 16.1 Å². The van der Waals surface area contributed by atoms with Crippen molar-refractivity contribution in [3.63, 3.8) is 0 Å². The largest absolute Gasteiger partial charge is 0.454 e. The summed E-state index contributed by atoms with van der Waals surface area (Å²) in [5, 5.41) is 2.67. The van der Waals surface area contributed by atoms with Crippen LogP contribution in [0.5, 0.6) is 0 Å². The van der Waals surface area contributed by atoms with E-state index in [1.807, 2.05) is 19.1 Å². The Balaban J connectivity index is 1.56. The van der Waals surface area contributed by atoms with Crippen LogP contribution in [0.4, 0.5) is 10.1 Å². The fraction of sp³-hybridized carbons (Fsp3) is 0.160. The normalized spacial score (nSPS) is 10.4.